The van der Waals surface area contributed by atoms with Crippen LogP contribution >= 0.6 is 23.2 Å². The Morgan fingerprint density at radius 1 is 1.00 bits per heavy atom. The van der Waals surface area contributed by atoms with E-state index in [2.05, 4.69) is 4.99 Å². The van der Waals surface area contributed by atoms with E-state index in [0.717, 1.165) is 11.0 Å². The van der Waals surface area contributed by atoms with E-state index in [4.69, 9.17) is 23.2 Å². The molecule has 0 spiro atoms. The van der Waals surface area contributed by atoms with E-state index in [1.165, 1.54) is 30.5 Å². The number of carbonyl (C=O) groups is 2. The number of fused-ring (bicyclic) bond motifs is 1. The molecule has 1 aliphatic rings. The number of carbonyl (C=O) groups excluding carboxylic acids is 2. The van der Waals surface area contributed by atoms with E-state index < -0.39 is 28.2 Å². The number of imide groups is 1. The highest BCUT2D eigenvalue weighted by atomic mass is 35.5. The first-order valence-electron chi connectivity index (χ1n) is 8.76. The van der Waals surface area contributed by atoms with Crippen LogP contribution < -0.4 is 4.90 Å². The number of amides is 2. The molecule has 0 radical (unpaired) electrons. The van der Waals surface area contributed by atoms with Crippen molar-refractivity contribution in [3.8, 4) is 5.75 Å². The van der Waals surface area contributed by atoms with Gasteiger partial charge in [-0.1, -0.05) is 35.3 Å². The number of hydrogen-bond donors (Lipinski definition) is 1. The fourth-order valence-corrected chi connectivity index (χ4v) is 3.59. The molecule has 3 aromatic rings. The Kier molecular flexibility index (Phi) is 5.18. The van der Waals surface area contributed by atoms with Gasteiger partial charge in [-0.25, -0.2) is 4.90 Å². The highest BCUT2D eigenvalue weighted by molar-refractivity contribution is 6.36. The molecular weight excluding hydrogens is 445 g/mol. The smallest absolute Gasteiger partial charge is 0.312 e. The number of hydrogen-bond acceptors (Lipinski definition) is 6. The number of phenols is 1. The highest BCUT2D eigenvalue weighted by Crippen LogP contribution is 2.35. The maximum atomic E-state index is 12.6. The molecule has 10 heteroatoms. The number of halogens is 2. The average molecular weight is 456 g/mol. The predicted octanol–water partition coefficient (Wildman–Crippen LogP) is 5.16. The van der Waals surface area contributed by atoms with Gasteiger partial charge in [0.15, 0.2) is 0 Å². The summed E-state index contributed by atoms with van der Waals surface area (Å²) in [6.07, 6.45) is 1.18. The van der Waals surface area contributed by atoms with Crippen LogP contribution in [-0.4, -0.2) is 28.1 Å². The van der Waals surface area contributed by atoms with E-state index in [0.29, 0.717) is 11.1 Å². The van der Waals surface area contributed by atoms with E-state index in [9.17, 15) is 24.8 Å². The number of anilines is 1. The normalized spacial score (nSPS) is 13.2. The van der Waals surface area contributed by atoms with Crippen molar-refractivity contribution >= 4 is 58.3 Å². The Morgan fingerprint density at radius 3 is 2.23 bits per heavy atom. The van der Waals surface area contributed by atoms with Crippen LogP contribution in [0.15, 0.2) is 59.6 Å². The van der Waals surface area contributed by atoms with Crippen molar-refractivity contribution < 1.29 is 19.6 Å². The van der Waals surface area contributed by atoms with Gasteiger partial charge in [-0.3, -0.25) is 24.7 Å². The van der Waals surface area contributed by atoms with Crippen LogP contribution in [0.3, 0.4) is 0 Å². The van der Waals surface area contributed by atoms with Gasteiger partial charge < -0.3 is 5.11 Å². The SMILES string of the molecule is O=C1c2ccccc2C(=O)N1c1ccc(N=Cc2cc(Cl)cc([N+](=O)[O-])c2O)c(Cl)c1. The molecule has 3 aromatic carbocycles. The van der Waals surface area contributed by atoms with E-state index in [-0.39, 0.29) is 27.0 Å². The molecule has 2 amide bonds. The van der Waals surface area contributed by atoms with Crippen molar-refractivity contribution in [2.75, 3.05) is 4.90 Å². The number of nitro groups is 1. The number of nitro benzene ring substituents is 1. The van der Waals surface area contributed by atoms with Crippen molar-refractivity contribution in [3.05, 3.63) is 91.4 Å². The summed E-state index contributed by atoms with van der Waals surface area (Å²) in [7, 11) is 0. The predicted molar refractivity (Wildman–Crippen MR) is 116 cm³/mol. The summed E-state index contributed by atoms with van der Waals surface area (Å²) >= 11 is 12.1. The topological polar surface area (TPSA) is 113 Å². The summed E-state index contributed by atoms with van der Waals surface area (Å²) in [4.78, 5) is 40.6. The lowest BCUT2D eigenvalue weighted by atomic mass is 10.1. The van der Waals surface area contributed by atoms with Gasteiger partial charge in [-0.2, -0.15) is 0 Å². The third-order valence-electron chi connectivity index (χ3n) is 4.61. The fraction of sp³-hybridized carbons (Fsp3) is 0. The van der Waals surface area contributed by atoms with Crippen LogP contribution in [0.4, 0.5) is 17.1 Å². The second-order valence-electron chi connectivity index (χ2n) is 6.51. The van der Waals surface area contributed by atoms with E-state index in [1.807, 2.05) is 0 Å². The zero-order valence-electron chi connectivity index (χ0n) is 15.5. The largest absolute Gasteiger partial charge is 0.502 e. The molecular formula is C21H11Cl2N3O5. The van der Waals surface area contributed by atoms with Gasteiger partial charge >= 0.3 is 5.69 Å². The first-order chi connectivity index (χ1) is 14.8. The molecule has 1 N–H and O–H groups in total. The minimum absolute atomic E-state index is 0.0275. The van der Waals surface area contributed by atoms with Crippen molar-refractivity contribution in [2.24, 2.45) is 4.99 Å². The summed E-state index contributed by atoms with van der Waals surface area (Å²) in [5.41, 5.74) is 0.619. The van der Waals surface area contributed by atoms with Gasteiger partial charge in [-0.15, -0.1) is 0 Å². The maximum absolute atomic E-state index is 12.6. The molecule has 1 aliphatic heterocycles. The molecule has 0 unspecified atom stereocenters. The van der Waals surface area contributed by atoms with Crippen molar-refractivity contribution in [3.63, 3.8) is 0 Å². The summed E-state index contributed by atoms with van der Waals surface area (Å²) in [6.45, 7) is 0. The van der Waals surface area contributed by atoms with Crippen LogP contribution in [0.25, 0.3) is 0 Å². The molecule has 8 nitrogen and oxygen atoms in total. The first kappa shape index (κ1) is 20.5. The standard InChI is InChI=1S/C21H11Cl2N3O5/c22-12-7-11(19(27)18(8-12)26(30)31)10-24-17-6-5-13(9-16(17)23)25-20(28)14-3-1-2-4-15(14)21(25)29/h1-10,27H. The molecule has 1 heterocycles. The number of rotatable bonds is 4. The second kappa shape index (κ2) is 7.82. The van der Waals surface area contributed by atoms with Crippen LogP contribution in [0.5, 0.6) is 5.75 Å². The van der Waals surface area contributed by atoms with Gasteiger partial charge in [0, 0.05) is 22.9 Å². The Labute approximate surface area is 185 Å². The first-order valence-corrected chi connectivity index (χ1v) is 9.52. The van der Waals surface area contributed by atoms with Gasteiger partial charge in [0.1, 0.15) is 0 Å². The zero-order valence-corrected chi connectivity index (χ0v) is 17.0. The van der Waals surface area contributed by atoms with Gasteiger partial charge in [0.2, 0.25) is 5.75 Å². The van der Waals surface area contributed by atoms with Crippen LogP contribution in [-0.2, 0) is 0 Å². The van der Waals surface area contributed by atoms with Crippen LogP contribution in [0.2, 0.25) is 10.0 Å². The monoisotopic (exact) mass is 455 g/mol. The maximum Gasteiger partial charge on any atom is 0.312 e. The molecule has 0 saturated heterocycles. The van der Waals surface area contributed by atoms with Crippen LogP contribution in [0.1, 0.15) is 26.3 Å². The molecule has 4 rings (SSSR count). The summed E-state index contributed by atoms with van der Waals surface area (Å²) in [5.74, 6) is -1.50. The number of aromatic hydroxyl groups is 1. The Balaban J connectivity index is 1.65. The quantitative estimate of drug-likeness (QED) is 0.252. The Morgan fingerprint density at radius 2 is 1.65 bits per heavy atom. The van der Waals surface area contributed by atoms with Gasteiger partial charge in [0.05, 0.1) is 32.4 Å². The number of nitrogens with zero attached hydrogens (tertiary/aromatic N) is 3. The molecule has 0 aliphatic carbocycles. The molecule has 31 heavy (non-hydrogen) atoms. The second-order valence-corrected chi connectivity index (χ2v) is 7.35. The lowest BCUT2D eigenvalue weighted by molar-refractivity contribution is -0.385. The summed E-state index contributed by atoms with van der Waals surface area (Å²) in [6, 6.07) is 13.2. The van der Waals surface area contributed by atoms with E-state index >= 15 is 0 Å². The van der Waals surface area contributed by atoms with E-state index in [1.54, 1.807) is 24.3 Å². The molecule has 0 atom stereocenters. The highest BCUT2D eigenvalue weighted by Gasteiger charge is 2.36. The van der Waals surface area contributed by atoms with Crippen molar-refractivity contribution in [1.82, 2.24) is 0 Å². The third-order valence-corrected chi connectivity index (χ3v) is 5.13. The molecule has 154 valence electrons. The molecule has 0 fully saturated rings. The minimum Gasteiger partial charge on any atom is -0.502 e. The zero-order chi connectivity index (χ0) is 22.3. The van der Waals surface area contributed by atoms with Gasteiger partial charge in [-0.05, 0) is 36.4 Å². The number of aliphatic imine (C=N–C) groups is 1. The van der Waals surface area contributed by atoms with Gasteiger partial charge in [0.25, 0.3) is 11.8 Å². The van der Waals surface area contributed by atoms with Crippen LogP contribution in [0, 0.1) is 10.1 Å². The molecule has 0 aromatic heterocycles. The molecule has 0 bridgehead atoms. The number of benzene rings is 3. The molecule has 0 saturated carbocycles. The summed E-state index contributed by atoms with van der Waals surface area (Å²) < 4.78 is 0. The average Bonchev–Trinajstić information content (AvgIpc) is 2.99. The lowest BCUT2D eigenvalue weighted by Crippen LogP contribution is -2.29. The number of phenolic OH excluding ortho intramolecular Hbond substituents is 1. The Hall–Kier alpha value is -3.75. The summed E-state index contributed by atoms with van der Waals surface area (Å²) in [5, 5.41) is 21.3. The fourth-order valence-electron chi connectivity index (χ4n) is 3.15. The van der Waals surface area contributed by atoms with Crippen molar-refractivity contribution in [2.45, 2.75) is 0 Å². The Bertz CT molecular complexity index is 1270. The minimum atomic E-state index is -0.762. The lowest BCUT2D eigenvalue weighted by Gasteiger charge is -2.14. The third kappa shape index (κ3) is 3.63. The van der Waals surface area contributed by atoms with Crippen molar-refractivity contribution in [1.29, 1.82) is 0 Å².